The third-order valence-corrected chi connectivity index (χ3v) is 3.70. The molecule has 1 aromatic heterocycles. The first-order chi connectivity index (χ1) is 11.6. The highest BCUT2D eigenvalue weighted by molar-refractivity contribution is 5.92. The summed E-state index contributed by atoms with van der Waals surface area (Å²) in [5.74, 6) is 0.318. The van der Waals surface area contributed by atoms with Crippen LogP contribution < -0.4 is 14.8 Å². The smallest absolute Gasteiger partial charge is 0.371 e. The summed E-state index contributed by atoms with van der Waals surface area (Å²) >= 11 is 0. The number of anilines is 1. The van der Waals surface area contributed by atoms with Gasteiger partial charge in [-0.1, -0.05) is 0 Å². The summed E-state index contributed by atoms with van der Waals surface area (Å²) in [7, 11) is 3.22. The molecule has 24 heavy (non-hydrogen) atoms. The first-order valence-electron chi connectivity index (χ1n) is 7.32. The molecule has 0 unspecified atom stereocenters. The minimum absolute atomic E-state index is 0.0704. The van der Waals surface area contributed by atoms with Gasteiger partial charge in [0.2, 0.25) is 5.76 Å². The molecule has 3 aromatic rings. The fourth-order valence-electron chi connectivity index (χ4n) is 2.45. The summed E-state index contributed by atoms with van der Waals surface area (Å²) in [4.78, 5) is 11.0. The van der Waals surface area contributed by atoms with E-state index in [0.717, 1.165) is 28.1 Å². The third-order valence-electron chi connectivity index (χ3n) is 3.70. The normalized spacial score (nSPS) is 10.6. The standard InChI is InChI=1S/C18H17NO5/c1-22-14-5-3-11(16(9-14)23-2)10-19-13-4-6-15-12(7-13)8-17(24-15)18(20)21/h3-9,19H,10H2,1-2H3,(H,20,21). The second-order valence-electron chi connectivity index (χ2n) is 5.20. The SMILES string of the molecule is COc1ccc(CNc2ccc3oc(C(=O)O)cc3c2)c(OC)c1. The van der Waals surface area contributed by atoms with E-state index in [2.05, 4.69) is 5.32 Å². The van der Waals surface area contributed by atoms with Crippen molar-refractivity contribution in [2.24, 2.45) is 0 Å². The molecule has 0 saturated carbocycles. The fraction of sp³-hybridized carbons (Fsp3) is 0.167. The summed E-state index contributed by atoms with van der Waals surface area (Å²) < 4.78 is 15.8. The van der Waals surface area contributed by atoms with Gasteiger partial charge < -0.3 is 24.3 Å². The van der Waals surface area contributed by atoms with E-state index in [1.807, 2.05) is 30.3 Å². The lowest BCUT2D eigenvalue weighted by molar-refractivity contribution is 0.0665. The van der Waals surface area contributed by atoms with E-state index >= 15 is 0 Å². The topological polar surface area (TPSA) is 80.9 Å². The first kappa shape index (κ1) is 15.7. The predicted octanol–water partition coefficient (Wildman–Crippen LogP) is 3.76. The molecule has 2 aromatic carbocycles. The minimum Gasteiger partial charge on any atom is -0.497 e. The van der Waals surface area contributed by atoms with E-state index in [4.69, 9.17) is 19.0 Å². The van der Waals surface area contributed by atoms with Crippen molar-refractivity contribution >= 4 is 22.6 Å². The third kappa shape index (κ3) is 3.12. The lowest BCUT2D eigenvalue weighted by Crippen LogP contribution is -2.02. The second kappa shape index (κ2) is 6.54. The van der Waals surface area contributed by atoms with Crippen LogP contribution in [-0.4, -0.2) is 25.3 Å². The molecule has 0 aliphatic heterocycles. The van der Waals surface area contributed by atoms with Crippen molar-refractivity contribution < 1.29 is 23.8 Å². The lowest BCUT2D eigenvalue weighted by Gasteiger charge is -2.12. The van der Waals surface area contributed by atoms with Crippen LogP contribution in [0.15, 0.2) is 46.9 Å². The number of hydrogen-bond donors (Lipinski definition) is 2. The zero-order valence-electron chi connectivity index (χ0n) is 13.3. The summed E-state index contributed by atoms with van der Waals surface area (Å²) in [6, 6.07) is 12.6. The number of carboxylic acids is 1. The molecule has 6 nitrogen and oxygen atoms in total. The van der Waals surface area contributed by atoms with Crippen LogP contribution in [0.25, 0.3) is 11.0 Å². The van der Waals surface area contributed by atoms with Crippen LogP contribution in [-0.2, 0) is 6.54 Å². The molecule has 0 amide bonds. The van der Waals surface area contributed by atoms with E-state index in [1.165, 1.54) is 6.07 Å². The predicted molar refractivity (Wildman–Crippen MR) is 90.0 cm³/mol. The Balaban J connectivity index is 1.79. The Morgan fingerprint density at radius 1 is 1.12 bits per heavy atom. The molecule has 6 heteroatoms. The Morgan fingerprint density at radius 2 is 1.96 bits per heavy atom. The molecule has 0 aliphatic carbocycles. The van der Waals surface area contributed by atoms with Crippen LogP contribution >= 0.6 is 0 Å². The highest BCUT2D eigenvalue weighted by Gasteiger charge is 2.11. The van der Waals surface area contributed by atoms with Gasteiger partial charge in [0, 0.05) is 29.2 Å². The molecule has 0 aliphatic rings. The number of hydrogen-bond acceptors (Lipinski definition) is 5. The Hall–Kier alpha value is -3.15. The largest absolute Gasteiger partial charge is 0.497 e. The van der Waals surface area contributed by atoms with Gasteiger partial charge in [-0.15, -0.1) is 0 Å². The van der Waals surface area contributed by atoms with Gasteiger partial charge in [0.05, 0.1) is 14.2 Å². The van der Waals surface area contributed by atoms with E-state index < -0.39 is 5.97 Å². The van der Waals surface area contributed by atoms with E-state index in [9.17, 15) is 4.79 Å². The van der Waals surface area contributed by atoms with Crippen LogP contribution in [0, 0.1) is 0 Å². The average molecular weight is 327 g/mol. The number of ether oxygens (including phenoxy) is 2. The quantitative estimate of drug-likeness (QED) is 0.717. The highest BCUT2D eigenvalue weighted by Crippen LogP contribution is 2.27. The number of nitrogens with one attached hydrogen (secondary N) is 1. The highest BCUT2D eigenvalue weighted by atomic mass is 16.5. The van der Waals surface area contributed by atoms with Crippen LogP contribution in [0.5, 0.6) is 11.5 Å². The first-order valence-corrected chi connectivity index (χ1v) is 7.32. The summed E-state index contributed by atoms with van der Waals surface area (Å²) in [6.07, 6.45) is 0. The number of fused-ring (bicyclic) bond motifs is 1. The molecule has 0 bridgehead atoms. The molecule has 0 atom stereocenters. The van der Waals surface area contributed by atoms with Crippen molar-refractivity contribution in [2.45, 2.75) is 6.54 Å². The average Bonchev–Trinajstić information content (AvgIpc) is 3.03. The number of carbonyl (C=O) groups is 1. The summed E-state index contributed by atoms with van der Waals surface area (Å²) in [5.41, 5.74) is 2.38. The van der Waals surface area contributed by atoms with E-state index in [1.54, 1.807) is 20.3 Å². The fourth-order valence-corrected chi connectivity index (χ4v) is 2.45. The molecule has 0 spiro atoms. The second-order valence-corrected chi connectivity index (χ2v) is 5.20. The van der Waals surface area contributed by atoms with Gasteiger partial charge in [-0.3, -0.25) is 0 Å². The van der Waals surface area contributed by atoms with Gasteiger partial charge in [-0.2, -0.15) is 0 Å². The van der Waals surface area contributed by atoms with Gasteiger partial charge in [-0.25, -0.2) is 4.79 Å². The lowest BCUT2D eigenvalue weighted by atomic mass is 10.1. The van der Waals surface area contributed by atoms with Crippen molar-refractivity contribution in [2.75, 3.05) is 19.5 Å². The van der Waals surface area contributed by atoms with Gasteiger partial charge in [0.1, 0.15) is 17.1 Å². The zero-order valence-corrected chi connectivity index (χ0v) is 13.3. The Labute approximate surface area is 138 Å². The monoisotopic (exact) mass is 327 g/mol. The molecule has 124 valence electrons. The van der Waals surface area contributed by atoms with Crippen molar-refractivity contribution in [1.29, 1.82) is 0 Å². The molecule has 2 N–H and O–H groups in total. The summed E-state index contributed by atoms with van der Waals surface area (Å²) in [6.45, 7) is 0.558. The maximum Gasteiger partial charge on any atom is 0.371 e. The Bertz CT molecular complexity index is 884. The Morgan fingerprint density at radius 3 is 2.67 bits per heavy atom. The van der Waals surface area contributed by atoms with Crippen molar-refractivity contribution in [3.8, 4) is 11.5 Å². The van der Waals surface area contributed by atoms with Gasteiger partial charge in [0.25, 0.3) is 0 Å². The number of benzene rings is 2. The summed E-state index contributed by atoms with van der Waals surface area (Å²) in [5, 5.41) is 13.0. The minimum atomic E-state index is -1.08. The van der Waals surface area contributed by atoms with Crippen molar-refractivity contribution in [1.82, 2.24) is 0 Å². The molecule has 3 rings (SSSR count). The molecular weight excluding hydrogens is 310 g/mol. The maximum absolute atomic E-state index is 11.0. The Kier molecular flexibility index (Phi) is 4.29. The number of furan rings is 1. The van der Waals surface area contributed by atoms with Gasteiger partial charge >= 0.3 is 5.97 Å². The van der Waals surface area contributed by atoms with Crippen LogP contribution in [0.1, 0.15) is 16.1 Å². The van der Waals surface area contributed by atoms with Crippen LogP contribution in [0.3, 0.4) is 0 Å². The van der Waals surface area contributed by atoms with E-state index in [0.29, 0.717) is 12.1 Å². The van der Waals surface area contributed by atoms with E-state index in [-0.39, 0.29) is 5.76 Å². The zero-order chi connectivity index (χ0) is 17.1. The van der Waals surface area contributed by atoms with Crippen LogP contribution in [0.2, 0.25) is 0 Å². The van der Waals surface area contributed by atoms with Crippen molar-refractivity contribution in [3.63, 3.8) is 0 Å². The molecule has 0 radical (unpaired) electrons. The molecule has 1 heterocycles. The maximum atomic E-state index is 11.0. The number of methoxy groups -OCH3 is 2. The van der Waals surface area contributed by atoms with Gasteiger partial charge in [-0.05, 0) is 36.4 Å². The number of aromatic carboxylic acids is 1. The molecular formula is C18H17NO5. The number of rotatable bonds is 6. The number of carboxylic acid groups (broad SMARTS) is 1. The van der Waals surface area contributed by atoms with Crippen molar-refractivity contribution in [3.05, 3.63) is 53.8 Å². The van der Waals surface area contributed by atoms with Crippen LogP contribution in [0.4, 0.5) is 5.69 Å². The molecule has 0 saturated heterocycles. The van der Waals surface area contributed by atoms with Gasteiger partial charge in [0.15, 0.2) is 0 Å². The molecule has 0 fully saturated rings.